The van der Waals surface area contributed by atoms with Crippen LogP contribution in [0.5, 0.6) is 5.75 Å². The lowest BCUT2D eigenvalue weighted by atomic mass is 10.1. The number of carbonyl (C=O) groups is 2. The van der Waals surface area contributed by atoms with E-state index in [4.69, 9.17) is 16.3 Å². The first-order valence-electron chi connectivity index (χ1n) is 11.5. The van der Waals surface area contributed by atoms with Crippen molar-refractivity contribution in [3.05, 3.63) is 59.1 Å². The summed E-state index contributed by atoms with van der Waals surface area (Å²) in [7, 11) is -2.49. The molecule has 0 saturated carbocycles. The van der Waals surface area contributed by atoms with Gasteiger partial charge in [0.1, 0.15) is 18.3 Å². The molecule has 0 heterocycles. The van der Waals surface area contributed by atoms with E-state index in [1.807, 2.05) is 51.1 Å². The van der Waals surface area contributed by atoms with Crippen LogP contribution in [0.15, 0.2) is 48.5 Å². The predicted octanol–water partition coefficient (Wildman–Crippen LogP) is 3.84. The van der Waals surface area contributed by atoms with Crippen molar-refractivity contribution < 1.29 is 22.7 Å². The highest BCUT2D eigenvalue weighted by atomic mass is 35.5. The number of rotatable bonds is 12. The minimum Gasteiger partial charge on any atom is -0.495 e. The molecule has 192 valence electrons. The fraction of sp³-hybridized carbons (Fsp3) is 0.440. The van der Waals surface area contributed by atoms with Crippen molar-refractivity contribution in [2.24, 2.45) is 0 Å². The maximum atomic E-state index is 13.7. The average Bonchev–Trinajstić information content (AvgIpc) is 2.82. The lowest BCUT2D eigenvalue weighted by molar-refractivity contribution is -0.140. The van der Waals surface area contributed by atoms with Gasteiger partial charge in [-0.2, -0.15) is 0 Å². The summed E-state index contributed by atoms with van der Waals surface area (Å²) in [5.74, 6) is -0.548. The Hall–Kier alpha value is -2.78. The van der Waals surface area contributed by atoms with Gasteiger partial charge in [0, 0.05) is 17.6 Å². The van der Waals surface area contributed by atoms with E-state index in [0.29, 0.717) is 11.4 Å². The molecule has 0 aromatic heterocycles. The van der Waals surface area contributed by atoms with Crippen LogP contribution in [-0.2, 0) is 26.2 Å². The van der Waals surface area contributed by atoms with Crippen molar-refractivity contribution in [1.82, 2.24) is 10.2 Å². The molecule has 0 bridgehead atoms. The third-order valence-corrected chi connectivity index (χ3v) is 7.03. The summed E-state index contributed by atoms with van der Waals surface area (Å²) in [6.45, 7) is 5.30. The van der Waals surface area contributed by atoms with Crippen molar-refractivity contribution in [2.75, 3.05) is 24.2 Å². The van der Waals surface area contributed by atoms with Gasteiger partial charge in [-0.3, -0.25) is 13.9 Å². The first-order valence-corrected chi connectivity index (χ1v) is 13.7. The lowest BCUT2D eigenvalue weighted by Crippen LogP contribution is -2.53. The van der Waals surface area contributed by atoms with Crippen molar-refractivity contribution in [3.63, 3.8) is 0 Å². The molecule has 35 heavy (non-hydrogen) atoms. The molecule has 0 aliphatic heterocycles. The van der Waals surface area contributed by atoms with Crippen LogP contribution in [0.2, 0.25) is 5.02 Å². The summed E-state index contributed by atoms with van der Waals surface area (Å²) in [5, 5.41) is 3.23. The molecule has 2 rings (SSSR count). The summed E-state index contributed by atoms with van der Waals surface area (Å²) in [6.07, 6.45) is 2.11. The Morgan fingerprint density at radius 3 is 2.29 bits per heavy atom. The minimum atomic E-state index is -3.90. The second-order valence-corrected chi connectivity index (χ2v) is 10.7. The SMILES string of the molecule is CC[C@H](C(=O)N[C@@H](C)CC)N(Cc1ccccc1)C(=O)CN(c1cc(Cl)ccc1OC)S(C)(=O)=O. The number of anilines is 1. The molecule has 2 aromatic carbocycles. The minimum absolute atomic E-state index is 0.0616. The molecule has 0 radical (unpaired) electrons. The lowest BCUT2D eigenvalue weighted by Gasteiger charge is -2.33. The first-order chi connectivity index (χ1) is 16.5. The number of hydrogen-bond donors (Lipinski definition) is 1. The van der Waals surface area contributed by atoms with Crippen molar-refractivity contribution in [3.8, 4) is 5.75 Å². The molecule has 0 aliphatic carbocycles. The topological polar surface area (TPSA) is 96.0 Å². The zero-order chi connectivity index (χ0) is 26.2. The molecule has 1 N–H and O–H groups in total. The van der Waals surface area contributed by atoms with Crippen LogP contribution in [0.25, 0.3) is 0 Å². The Labute approximate surface area is 213 Å². The maximum Gasteiger partial charge on any atom is 0.244 e. The fourth-order valence-corrected chi connectivity index (χ4v) is 4.60. The van der Waals surface area contributed by atoms with Crippen LogP contribution in [0.4, 0.5) is 5.69 Å². The average molecular weight is 524 g/mol. The number of methoxy groups -OCH3 is 1. The zero-order valence-corrected chi connectivity index (χ0v) is 22.4. The molecule has 0 aliphatic rings. The number of halogens is 1. The van der Waals surface area contributed by atoms with Crippen LogP contribution in [0.1, 0.15) is 39.2 Å². The molecule has 10 heteroatoms. The Kier molecular flexibility index (Phi) is 10.4. The summed E-state index contributed by atoms with van der Waals surface area (Å²) < 4.78 is 31.8. The van der Waals surface area contributed by atoms with E-state index in [1.165, 1.54) is 24.1 Å². The number of ether oxygens (including phenoxy) is 1. The van der Waals surface area contributed by atoms with Crippen LogP contribution in [0, 0.1) is 0 Å². The van der Waals surface area contributed by atoms with Gasteiger partial charge in [-0.15, -0.1) is 0 Å². The smallest absolute Gasteiger partial charge is 0.244 e. The van der Waals surface area contributed by atoms with E-state index in [9.17, 15) is 18.0 Å². The quantitative estimate of drug-likeness (QED) is 0.456. The number of carbonyl (C=O) groups excluding carboxylic acids is 2. The summed E-state index contributed by atoms with van der Waals surface area (Å²) in [4.78, 5) is 28.2. The van der Waals surface area contributed by atoms with Gasteiger partial charge in [0.2, 0.25) is 21.8 Å². The van der Waals surface area contributed by atoms with E-state index < -0.39 is 28.5 Å². The third kappa shape index (κ3) is 7.86. The van der Waals surface area contributed by atoms with Gasteiger partial charge < -0.3 is 15.0 Å². The highest BCUT2D eigenvalue weighted by Crippen LogP contribution is 2.33. The maximum absolute atomic E-state index is 13.7. The number of sulfonamides is 1. The molecule has 2 atom stereocenters. The second-order valence-electron chi connectivity index (χ2n) is 8.33. The Morgan fingerprint density at radius 1 is 1.09 bits per heavy atom. The van der Waals surface area contributed by atoms with E-state index in [2.05, 4.69) is 5.32 Å². The standard InChI is InChI=1S/C25H34ClN3O5S/c1-6-18(3)27-25(31)21(7-2)28(16-19-11-9-8-10-12-19)24(30)17-29(35(5,32)33)22-15-20(26)13-14-23(22)34-4/h8-15,18,21H,6-7,16-17H2,1-5H3,(H,27,31)/t18-,21+/m0/s1. The van der Waals surface area contributed by atoms with E-state index in [1.54, 1.807) is 6.07 Å². The Balaban J connectivity index is 2.48. The van der Waals surface area contributed by atoms with E-state index in [0.717, 1.165) is 22.5 Å². The van der Waals surface area contributed by atoms with Gasteiger partial charge in [0.15, 0.2) is 0 Å². The molecule has 0 unspecified atom stereocenters. The molecule has 0 saturated heterocycles. The van der Waals surface area contributed by atoms with Gasteiger partial charge in [-0.05, 0) is 43.5 Å². The largest absolute Gasteiger partial charge is 0.495 e. The van der Waals surface area contributed by atoms with E-state index >= 15 is 0 Å². The molecule has 0 fully saturated rings. The van der Waals surface area contributed by atoms with Gasteiger partial charge in [-0.1, -0.05) is 55.8 Å². The van der Waals surface area contributed by atoms with Crippen LogP contribution in [0.3, 0.4) is 0 Å². The van der Waals surface area contributed by atoms with Gasteiger partial charge in [0.25, 0.3) is 0 Å². The van der Waals surface area contributed by atoms with Crippen LogP contribution in [-0.4, -0.2) is 57.1 Å². The number of nitrogens with zero attached hydrogens (tertiary/aromatic N) is 2. The second kappa shape index (κ2) is 12.8. The zero-order valence-electron chi connectivity index (χ0n) is 20.8. The third-order valence-electron chi connectivity index (χ3n) is 5.67. The van der Waals surface area contributed by atoms with Crippen LogP contribution >= 0.6 is 11.6 Å². The van der Waals surface area contributed by atoms with Gasteiger partial charge >= 0.3 is 0 Å². The van der Waals surface area contributed by atoms with Crippen molar-refractivity contribution >= 4 is 39.1 Å². The Bertz CT molecular complexity index is 1110. The van der Waals surface area contributed by atoms with Crippen LogP contribution < -0.4 is 14.4 Å². The summed E-state index contributed by atoms with van der Waals surface area (Å²) >= 11 is 6.13. The van der Waals surface area contributed by atoms with Crippen molar-refractivity contribution in [1.29, 1.82) is 0 Å². The highest BCUT2D eigenvalue weighted by Gasteiger charge is 2.33. The number of amides is 2. The molecular formula is C25H34ClN3O5S. The Morgan fingerprint density at radius 2 is 1.74 bits per heavy atom. The molecular weight excluding hydrogens is 490 g/mol. The molecule has 0 spiro atoms. The normalized spacial score (nSPS) is 13.0. The highest BCUT2D eigenvalue weighted by molar-refractivity contribution is 7.92. The number of hydrogen-bond acceptors (Lipinski definition) is 5. The number of nitrogens with one attached hydrogen (secondary N) is 1. The number of benzene rings is 2. The van der Waals surface area contributed by atoms with E-state index in [-0.39, 0.29) is 29.9 Å². The first kappa shape index (κ1) is 28.5. The summed E-state index contributed by atoms with van der Waals surface area (Å²) in [6, 6.07) is 13.0. The van der Waals surface area contributed by atoms with Crippen molar-refractivity contribution in [2.45, 2.75) is 52.2 Å². The summed E-state index contributed by atoms with van der Waals surface area (Å²) in [5.41, 5.74) is 0.967. The van der Waals surface area contributed by atoms with Gasteiger partial charge in [-0.25, -0.2) is 8.42 Å². The molecule has 8 nitrogen and oxygen atoms in total. The molecule has 2 aromatic rings. The monoisotopic (exact) mass is 523 g/mol. The van der Waals surface area contributed by atoms with Gasteiger partial charge in [0.05, 0.1) is 19.1 Å². The molecule has 2 amide bonds. The fourth-order valence-electron chi connectivity index (χ4n) is 3.59. The predicted molar refractivity (Wildman–Crippen MR) is 139 cm³/mol.